The molecule has 5 rings (SSSR count). The molecule has 38 heavy (non-hydrogen) atoms. The van der Waals surface area contributed by atoms with Gasteiger partial charge in [-0.05, 0) is 68.4 Å². The summed E-state index contributed by atoms with van der Waals surface area (Å²) < 4.78 is 32.7. The number of piperidine rings is 1. The normalized spacial score (nSPS) is 15.1. The van der Waals surface area contributed by atoms with Crippen LogP contribution >= 0.6 is 0 Å². The fraction of sp³-hybridized carbons (Fsp3) is 0.333. The molecule has 1 aromatic heterocycles. The molecule has 2 N–H and O–H groups in total. The summed E-state index contributed by atoms with van der Waals surface area (Å²) in [6.45, 7) is 2.23. The maximum atomic E-state index is 14.5. The quantitative estimate of drug-likeness (QED) is 0.334. The molecule has 2 heterocycles. The highest BCUT2D eigenvalue weighted by atomic mass is 32.2. The molecule has 1 fully saturated rings. The number of aromatic hydroxyl groups is 2. The molecule has 4 aromatic rings. The molecule has 8 heteroatoms. The summed E-state index contributed by atoms with van der Waals surface area (Å²) in [4.78, 5) is 2.06. The van der Waals surface area contributed by atoms with E-state index in [1.54, 1.807) is 28.6 Å². The van der Waals surface area contributed by atoms with Crippen LogP contribution in [0.1, 0.15) is 41.9 Å². The van der Waals surface area contributed by atoms with Crippen molar-refractivity contribution in [2.24, 2.45) is 0 Å². The van der Waals surface area contributed by atoms with Gasteiger partial charge in [-0.2, -0.15) is 4.31 Å². The van der Waals surface area contributed by atoms with Gasteiger partial charge >= 0.3 is 0 Å². The van der Waals surface area contributed by atoms with E-state index in [0.717, 1.165) is 46.9 Å². The van der Waals surface area contributed by atoms with Gasteiger partial charge in [0.15, 0.2) is 5.03 Å². The third-order valence-electron chi connectivity index (χ3n) is 7.37. The summed E-state index contributed by atoms with van der Waals surface area (Å²) in [5.74, 6) is -0.142. The van der Waals surface area contributed by atoms with Crippen LogP contribution in [0.15, 0.2) is 77.8 Å². The second kappa shape index (κ2) is 10.8. The number of benzene rings is 3. The molecule has 0 amide bonds. The molecule has 0 atom stereocenters. The molecule has 1 aliphatic heterocycles. The van der Waals surface area contributed by atoms with E-state index in [1.807, 2.05) is 67.2 Å². The zero-order valence-corrected chi connectivity index (χ0v) is 22.7. The van der Waals surface area contributed by atoms with Gasteiger partial charge in [-0.1, -0.05) is 48.9 Å². The highest BCUT2D eigenvalue weighted by Gasteiger charge is 2.37. The lowest BCUT2D eigenvalue weighted by Crippen LogP contribution is -2.37. The summed E-state index contributed by atoms with van der Waals surface area (Å²) in [5, 5.41) is 21.3. The Kier molecular flexibility index (Phi) is 7.47. The third-order valence-corrected chi connectivity index (χ3v) is 9.35. The minimum atomic E-state index is -3.83. The fourth-order valence-corrected chi connectivity index (χ4v) is 7.43. The first kappa shape index (κ1) is 26.3. The summed E-state index contributed by atoms with van der Waals surface area (Å²) in [6, 6.07) is 21.8. The number of para-hydroxylation sites is 1. The monoisotopic (exact) mass is 533 g/mol. The molecule has 0 radical (unpaired) electrons. The number of phenolic OH excluding ortho intramolecular Hbond substituents is 2. The number of fused-ring (bicyclic) bond motifs is 1. The Balaban J connectivity index is 1.85. The molecule has 0 spiro atoms. The van der Waals surface area contributed by atoms with Crippen LogP contribution in [0.3, 0.4) is 0 Å². The van der Waals surface area contributed by atoms with E-state index in [4.69, 9.17) is 0 Å². The van der Waals surface area contributed by atoms with Gasteiger partial charge in [0.05, 0.1) is 0 Å². The van der Waals surface area contributed by atoms with Crippen molar-refractivity contribution in [1.29, 1.82) is 0 Å². The van der Waals surface area contributed by atoms with Gasteiger partial charge in [-0.25, -0.2) is 8.42 Å². The van der Waals surface area contributed by atoms with Crippen molar-refractivity contribution in [1.82, 2.24) is 13.8 Å². The van der Waals surface area contributed by atoms with Crippen LogP contribution < -0.4 is 0 Å². The van der Waals surface area contributed by atoms with E-state index in [-0.39, 0.29) is 11.5 Å². The number of nitrogens with zero attached hydrogens (tertiary/aromatic N) is 3. The molecule has 7 nitrogen and oxygen atoms in total. The van der Waals surface area contributed by atoms with Crippen molar-refractivity contribution >= 4 is 20.9 Å². The van der Waals surface area contributed by atoms with E-state index in [9.17, 15) is 18.6 Å². The van der Waals surface area contributed by atoms with E-state index >= 15 is 0 Å². The largest absolute Gasteiger partial charge is 0.508 e. The van der Waals surface area contributed by atoms with Crippen LogP contribution in [0.4, 0.5) is 0 Å². The minimum absolute atomic E-state index is 0.146. The summed E-state index contributed by atoms with van der Waals surface area (Å²) in [6.07, 6.45) is 2.74. The second-order valence-electron chi connectivity index (χ2n) is 10.3. The molecule has 3 aromatic carbocycles. The van der Waals surface area contributed by atoms with Gasteiger partial charge in [-0.15, -0.1) is 0 Å². The Bertz CT molecular complexity index is 1460. The summed E-state index contributed by atoms with van der Waals surface area (Å²) in [5.41, 5.74) is 3.32. The number of hydrogen-bond donors (Lipinski definition) is 2. The molecule has 0 saturated carbocycles. The molecule has 0 unspecified atom stereocenters. The van der Waals surface area contributed by atoms with E-state index in [2.05, 4.69) is 4.90 Å². The standard InChI is InChI=1S/C30H35N3O4S/c1-31(2)20-21-33-27-9-5-4-8-26(27)29(30(33)38(36,37)32-18-6-3-7-19-32)28(22-10-14-24(34)15-11-22)23-12-16-25(35)17-13-23/h4-5,8-17,28,34-35H,3,6-7,18-21H2,1-2H3. The average Bonchev–Trinajstić information content (AvgIpc) is 3.25. The van der Waals surface area contributed by atoms with Crippen molar-refractivity contribution in [3.63, 3.8) is 0 Å². The lowest BCUT2D eigenvalue weighted by molar-refractivity contribution is 0.340. The van der Waals surface area contributed by atoms with Crippen LogP contribution in [-0.4, -0.2) is 66.1 Å². The molecule has 0 bridgehead atoms. The van der Waals surface area contributed by atoms with Gasteiger partial charge < -0.3 is 19.7 Å². The second-order valence-corrected chi connectivity index (χ2v) is 12.1. The SMILES string of the molecule is CN(C)CCn1c(S(=O)(=O)N2CCCCC2)c(C(c2ccc(O)cc2)c2ccc(O)cc2)c2ccccc21. The fourth-order valence-electron chi connectivity index (χ4n) is 5.47. The number of hydrogen-bond acceptors (Lipinski definition) is 5. The third kappa shape index (κ3) is 5.04. The number of aromatic nitrogens is 1. The van der Waals surface area contributed by atoms with Crippen molar-refractivity contribution in [3.05, 3.63) is 89.5 Å². The Morgan fingerprint density at radius 2 is 1.37 bits per heavy atom. The summed E-state index contributed by atoms with van der Waals surface area (Å²) >= 11 is 0. The van der Waals surface area contributed by atoms with E-state index < -0.39 is 15.9 Å². The Morgan fingerprint density at radius 3 is 1.92 bits per heavy atom. The highest BCUT2D eigenvalue weighted by molar-refractivity contribution is 7.89. The van der Waals surface area contributed by atoms with Gasteiger partial charge in [0, 0.05) is 48.6 Å². The van der Waals surface area contributed by atoms with Crippen molar-refractivity contribution in [2.45, 2.75) is 36.8 Å². The molecular weight excluding hydrogens is 498 g/mol. The van der Waals surface area contributed by atoms with Crippen molar-refractivity contribution in [2.75, 3.05) is 33.7 Å². The van der Waals surface area contributed by atoms with Gasteiger partial charge in [-0.3, -0.25) is 0 Å². The maximum Gasteiger partial charge on any atom is 0.259 e. The predicted molar refractivity (Wildman–Crippen MR) is 150 cm³/mol. The Labute approximate surface area is 224 Å². The maximum absolute atomic E-state index is 14.5. The molecule has 1 aliphatic rings. The topological polar surface area (TPSA) is 86.0 Å². The predicted octanol–water partition coefficient (Wildman–Crippen LogP) is 4.97. The summed E-state index contributed by atoms with van der Waals surface area (Å²) in [7, 11) is 0.143. The number of sulfonamides is 1. The van der Waals surface area contributed by atoms with Crippen molar-refractivity contribution in [3.8, 4) is 11.5 Å². The number of phenols is 2. The van der Waals surface area contributed by atoms with E-state index in [1.165, 1.54) is 0 Å². The molecular formula is C30H35N3O4S. The number of rotatable bonds is 8. The zero-order chi connectivity index (χ0) is 26.9. The number of likely N-dealkylation sites (N-methyl/N-ethyl adjacent to an activating group) is 1. The van der Waals surface area contributed by atoms with Crippen LogP contribution in [0.2, 0.25) is 0 Å². The van der Waals surface area contributed by atoms with Crippen LogP contribution in [0, 0.1) is 0 Å². The van der Waals surface area contributed by atoms with Crippen LogP contribution in [-0.2, 0) is 16.6 Å². The molecule has 200 valence electrons. The highest BCUT2D eigenvalue weighted by Crippen LogP contribution is 2.43. The Morgan fingerprint density at radius 1 is 0.816 bits per heavy atom. The van der Waals surface area contributed by atoms with Crippen LogP contribution in [0.5, 0.6) is 11.5 Å². The first-order chi connectivity index (χ1) is 18.3. The first-order valence-electron chi connectivity index (χ1n) is 13.1. The average molecular weight is 534 g/mol. The smallest absolute Gasteiger partial charge is 0.259 e. The molecule has 0 aliphatic carbocycles. The van der Waals surface area contributed by atoms with Crippen molar-refractivity contribution < 1.29 is 18.6 Å². The van der Waals surface area contributed by atoms with Gasteiger partial charge in [0.1, 0.15) is 11.5 Å². The van der Waals surface area contributed by atoms with Gasteiger partial charge in [0.25, 0.3) is 10.0 Å². The zero-order valence-electron chi connectivity index (χ0n) is 21.9. The van der Waals surface area contributed by atoms with Gasteiger partial charge in [0.2, 0.25) is 0 Å². The lowest BCUT2D eigenvalue weighted by atomic mass is 9.85. The van der Waals surface area contributed by atoms with Crippen LogP contribution in [0.25, 0.3) is 10.9 Å². The lowest BCUT2D eigenvalue weighted by Gasteiger charge is -2.29. The van der Waals surface area contributed by atoms with E-state index in [0.29, 0.717) is 31.2 Å². The first-order valence-corrected chi connectivity index (χ1v) is 14.5. The minimum Gasteiger partial charge on any atom is -0.508 e. The molecule has 1 saturated heterocycles. The Hall–Kier alpha value is -3.33.